The summed E-state index contributed by atoms with van der Waals surface area (Å²) in [5.74, 6) is 0. The molecule has 31 heavy (non-hydrogen) atoms. The largest absolute Gasteiger partial charge is 0.308 e. The van der Waals surface area contributed by atoms with Crippen LogP contribution in [0.15, 0.2) is 54.7 Å². The fourth-order valence-corrected chi connectivity index (χ4v) is 6.79. The van der Waals surface area contributed by atoms with Crippen LogP contribution in [-0.2, 0) is 10.8 Å². The average Bonchev–Trinajstić information content (AvgIpc) is 3.17. The number of nitrogens with zero attached hydrogens (tertiary/aromatic N) is 2. The van der Waals surface area contributed by atoms with Gasteiger partial charge < -0.3 is 4.40 Å². The monoisotopic (exact) mass is 404 g/mol. The topological polar surface area (TPSA) is 17.3 Å². The third kappa shape index (κ3) is 1.97. The van der Waals surface area contributed by atoms with Gasteiger partial charge in [0.1, 0.15) is 0 Å². The average molecular weight is 405 g/mol. The summed E-state index contributed by atoms with van der Waals surface area (Å²) in [5.41, 5.74) is 8.25. The molecule has 0 saturated carbocycles. The number of hydrogen-bond acceptors (Lipinski definition) is 1. The minimum atomic E-state index is -0.0125. The first-order valence-electron chi connectivity index (χ1n) is 12.1. The molecule has 0 fully saturated rings. The van der Waals surface area contributed by atoms with Crippen molar-refractivity contribution >= 4 is 49.0 Å². The molecule has 0 bridgehead atoms. The van der Waals surface area contributed by atoms with Crippen LogP contribution in [0.1, 0.15) is 53.5 Å². The minimum absolute atomic E-state index is 0.00277. The maximum atomic E-state index is 8.81. The molecule has 152 valence electrons. The lowest BCUT2D eigenvalue weighted by molar-refractivity contribution is 0.404. The fraction of sp³-hybridized carbons (Fsp3) is 0.276. The number of rotatable bonds is 0. The number of hydrogen-bond donors (Lipinski definition) is 0. The summed E-state index contributed by atoms with van der Waals surface area (Å²) in [7, 11) is 0. The van der Waals surface area contributed by atoms with Crippen molar-refractivity contribution in [2.45, 2.75) is 51.9 Å². The highest BCUT2D eigenvalue weighted by Gasteiger charge is 2.44. The second-order valence-electron chi connectivity index (χ2n) is 10.8. The second kappa shape index (κ2) is 5.19. The van der Waals surface area contributed by atoms with E-state index in [4.69, 9.17) is 7.73 Å². The van der Waals surface area contributed by atoms with Crippen LogP contribution in [0.3, 0.4) is 0 Å². The molecule has 0 amide bonds. The molecule has 0 atom stereocenters. The van der Waals surface area contributed by atoms with Crippen LogP contribution >= 0.6 is 0 Å². The molecule has 0 unspecified atom stereocenters. The van der Waals surface area contributed by atoms with Crippen molar-refractivity contribution in [1.82, 2.24) is 9.38 Å². The lowest BCUT2D eigenvalue weighted by atomic mass is 9.81. The Hall–Kier alpha value is -3.13. The van der Waals surface area contributed by atoms with Crippen molar-refractivity contribution in [2.75, 3.05) is 0 Å². The van der Waals surface area contributed by atoms with E-state index in [1.54, 1.807) is 0 Å². The van der Waals surface area contributed by atoms with Crippen LogP contribution in [0, 0.1) is 6.92 Å². The van der Waals surface area contributed by atoms with Gasteiger partial charge in [0.15, 0.2) is 0 Å². The van der Waals surface area contributed by atoms with Gasteiger partial charge in [-0.2, -0.15) is 0 Å². The Balaban J connectivity index is 1.96. The van der Waals surface area contributed by atoms with Crippen LogP contribution in [0.5, 0.6) is 0 Å². The third-order valence-electron chi connectivity index (χ3n) is 7.58. The quantitative estimate of drug-likeness (QED) is 0.188. The fourth-order valence-electron chi connectivity index (χ4n) is 6.79. The molecule has 0 N–H and O–H groups in total. The predicted octanol–water partition coefficient (Wildman–Crippen LogP) is 7.65. The molecule has 1 aliphatic rings. The first kappa shape index (κ1) is 15.6. The van der Waals surface area contributed by atoms with Gasteiger partial charge in [-0.05, 0) is 70.5 Å². The van der Waals surface area contributed by atoms with Gasteiger partial charge in [0, 0.05) is 27.7 Å². The summed E-state index contributed by atoms with van der Waals surface area (Å²) < 4.78 is 19.8. The molecule has 1 aliphatic carbocycles. The lowest BCUT2D eigenvalue weighted by Gasteiger charge is -2.24. The van der Waals surface area contributed by atoms with Crippen molar-refractivity contribution in [2.24, 2.45) is 0 Å². The van der Waals surface area contributed by atoms with Gasteiger partial charge in [-0.1, -0.05) is 52.0 Å². The van der Waals surface area contributed by atoms with E-state index in [1.807, 2.05) is 0 Å². The van der Waals surface area contributed by atoms with Gasteiger partial charge in [0.2, 0.25) is 0 Å². The normalized spacial score (nSPS) is 18.5. The second-order valence-corrected chi connectivity index (χ2v) is 10.8. The number of benzene rings is 3. The van der Waals surface area contributed by atoms with Crippen LogP contribution < -0.4 is 0 Å². The summed E-state index contributed by atoms with van der Waals surface area (Å²) in [5, 5.41) is 5.42. The smallest absolute Gasteiger partial charge is 0.0840 e. The summed E-state index contributed by atoms with van der Waals surface area (Å²) in [6, 6.07) is 15.6. The van der Waals surface area contributed by atoms with Crippen molar-refractivity contribution < 1.29 is 2.74 Å². The summed E-state index contributed by atoms with van der Waals surface area (Å²) in [4.78, 5) is 4.74. The first-order valence-corrected chi connectivity index (χ1v) is 11.1. The Kier molecular flexibility index (Phi) is 2.62. The number of aryl methyl sites for hydroxylation is 1. The van der Waals surface area contributed by atoms with Crippen LogP contribution in [-0.4, -0.2) is 9.38 Å². The van der Waals surface area contributed by atoms with E-state index < -0.39 is 0 Å². The molecule has 0 spiro atoms. The van der Waals surface area contributed by atoms with E-state index in [-0.39, 0.29) is 23.0 Å². The number of aromatic nitrogens is 2. The van der Waals surface area contributed by atoms with E-state index in [1.165, 1.54) is 44.0 Å². The van der Waals surface area contributed by atoms with Crippen molar-refractivity contribution in [3.8, 4) is 0 Å². The molecule has 2 nitrogen and oxygen atoms in total. The van der Waals surface area contributed by atoms with Gasteiger partial charge in [-0.3, -0.25) is 4.98 Å². The highest BCUT2D eigenvalue weighted by Crippen LogP contribution is 2.54. The molecule has 2 heteroatoms. The van der Waals surface area contributed by atoms with Gasteiger partial charge >= 0.3 is 0 Å². The molecule has 0 saturated heterocycles. The lowest BCUT2D eigenvalue weighted by Crippen LogP contribution is -2.18. The molecular weight excluding hydrogens is 376 g/mol. The van der Waals surface area contributed by atoms with Gasteiger partial charge in [-0.25, -0.2) is 0 Å². The highest BCUT2D eigenvalue weighted by molar-refractivity contribution is 6.26. The summed E-state index contributed by atoms with van der Waals surface area (Å²) >= 11 is 0. The Morgan fingerprint density at radius 2 is 1.71 bits per heavy atom. The van der Waals surface area contributed by atoms with Gasteiger partial charge in [0.25, 0.3) is 0 Å². The van der Waals surface area contributed by atoms with Crippen LogP contribution in [0.4, 0.5) is 0 Å². The van der Waals surface area contributed by atoms with E-state index >= 15 is 0 Å². The van der Waals surface area contributed by atoms with Gasteiger partial charge in [-0.15, -0.1) is 0 Å². The van der Waals surface area contributed by atoms with Crippen molar-refractivity contribution in [1.29, 1.82) is 0 Å². The van der Waals surface area contributed by atoms with E-state index in [0.29, 0.717) is 0 Å². The SMILES string of the molecule is [2H]c1nc2c3cc(C)cc4c5ccccc5n(c5c6c(cc(c1[2H])c25)C(C)(C)CC6(C)C)c43. The minimum Gasteiger partial charge on any atom is -0.308 e. The first-order chi connectivity index (χ1) is 15.6. The maximum Gasteiger partial charge on any atom is 0.0840 e. The Morgan fingerprint density at radius 1 is 0.935 bits per heavy atom. The van der Waals surface area contributed by atoms with E-state index in [9.17, 15) is 0 Å². The number of para-hydroxylation sites is 1. The zero-order valence-electron chi connectivity index (χ0n) is 20.6. The third-order valence-corrected chi connectivity index (χ3v) is 7.58. The molecule has 7 rings (SSSR count). The van der Waals surface area contributed by atoms with Crippen molar-refractivity contribution in [3.05, 3.63) is 71.4 Å². The summed E-state index contributed by atoms with van der Waals surface area (Å²) in [6.07, 6.45) is 1.10. The molecule has 0 radical (unpaired) electrons. The molecule has 3 heterocycles. The van der Waals surface area contributed by atoms with E-state index in [0.717, 1.165) is 28.1 Å². The van der Waals surface area contributed by atoms with Crippen LogP contribution in [0.25, 0.3) is 49.0 Å². The zero-order valence-corrected chi connectivity index (χ0v) is 18.6. The summed E-state index contributed by atoms with van der Waals surface area (Å²) in [6.45, 7) is 11.5. The Morgan fingerprint density at radius 3 is 2.55 bits per heavy atom. The van der Waals surface area contributed by atoms with Crippen LogP contribution in [0.2, 0.25) is 0 Å². The molecule has 0 aliphatic heterocycles. The maximum absolute atomic E-state index is 8.81. The predicted molar refractivity (Wildman–Crippen MR) is 132 cm³/mol. The standard InChI is InChI=1S/C29H26N2/c1-16-12-19-18-8-6-7-9-22(18)31-26(19)20(13-16)25-23-17(10-11-30-25)14-21-24(27(23)31)29(4,5)15-28(21,2)3/h6-14H,15H2,1-5H3/i10D,11D. The molecule has 6 aromatic rings. The molecule has 3 aromatic carbocycles. The molecular formula is C29H26N2. The number of pyridine rings is 2. The van der Waals surface area contributed by atoms with E-state index in [2.05, 4.69) is 81.5 Å². The zero-order chi connectivity index (χ0) is 23.0. The Labute approximate surface area is 184 Å². The van der Waals surface area contributed by atoms with Gasteiger partial charge in [0.05, 0.1) is 24.8 Å². The number of fused-ring (bicyclic) bond motifs is 7. The molecule has 3 aromatic heterocycles. The van der Waals surface area contributed by atoms with Crippen molar-refractivity contribution in [3.63, 3.8) is 0 Å². The highest BCUT2D eigenvalue weighted by atomic mass is 14.9. The Bertz CT molecular complexity index is 1820.